The number of hydrogen-bond donors (Lipinski definition) is 0. The molecule has 0 aromatic heterocycles. The summed E-state index contributed by atoms with van der Waals surface area (Å²) in [5.74, 6) is 0.323. The number of rotatable bonds is 0. The Morgan fingerprint density at radius 1 is 1.42 bits per heavy atom. The van der Waals surface area contributed by atoms with E-state index in [1.165, 1.54) is 7.11 Å². The number of aliphatic imine (C=N–C) groups is 1. The lowest BCUT2D eigenvalue weighted by molar-refractivity contribution is -0.0229. The molecule has 4 heterocycles. The predicted molar refractivity (Wildman–Crippen MR) is 67.0 cm³/mol. The first-order chi connectivity index (χ1) is 8.98. The minimum absolute atomic E-state index is 0.323. The second-order valence-electron chi connectivity index (χ2n) is 5.26. The highest BCUT2D eigenvalue weighted by Crippen LogP contribution is 2.53. The maximum atomic E-state index is 9.68. The van der Waals surface area contributed by atoms with Gasteiger partial charge in [0.1, 0.15) is 17.7 Å². The summed E-state index contributed by atoms with van der Waals surface area (Å²) in [6.07, 6.45) is 4.79. The lowest BCUT2D eigenvalue weighted by atomic mass is 9.69. The van der Waals surface area contributed by atoms with Crippen LogP contribution in [0.25, 0.3) is 0 Å². The van der Waals surface area contributed by atoms with Crippen molar-refractivity contribution in [2.24, 2.45) is 10.4 Å². The Morgan fingerprint density at radius 3 is 2.74 bits per heavy atom. The largest absolute Gasteiger partial charge is 0.483 e. The summed E-state index contributed by atoms with van der Waals surface area (Å²) >= 11 is 0. The molecule has 0 spiro atoms. The minimum atomic E-state index is -1.17. The fourth-order valence-electron chi connectivity index (χ4n) is 3.18. The van der Waals surface area contributed by atoms with E-state index >= 15 is 0 Å². The molecule has 4 rings (SSSR count). The highest BCUT2D eigenvalue weighted by Gasteiger charge is 2.65. The maximum absolute atomic E-state index is 9.68. The average Bonchev–Trinajstić information content (AvgIpc) is 2.78. The van der Waals surface area contributed by atoms with Crippen LogP contribution in [0.4, 0.5) is 0 Å². The topological polar surface area (TPSA) is 78.4 Å². The van der Waals surface area contributed by atoms with Gasteiger partial charge < -0.3 is 9.47 Å². The lowest BCUT2D eigenvalue weighted by Gasteiger charge is -2.37. The van der Waals surface area contributed by atoms with Crippen LogP contribution in [0.3, 0.4) is 0 Å². The van der Waals surface area contributed by atoms with Crippen molar-refractivity contribution >= 4 is 5.90 Å². The molecule has 5 nitrogen and oxygen atoms in total. The van der Waals surface area contributed by atoms with Gasteiger partial charge in [0.25, 0.3) is 0 Å². The quantitative estimate of drug-likeness (QED) is 0.614. The number of hydrogen-bond acceptors (Lipinski definition) is 5. The summed E-state index contributed by atoms with van der Waals surface area (Å²) < 4.78 is 11.2. The van der Waals surface area contributed by atoms with E-state index in [2.05, 4.69) is 17.1 Å². The van der Waals surface area contributed by atoms with Crippen molar-refractivity contribution in [1.29, 1.82) is 10.5 Å². The highest BCUT2D eigenvalue weighted by atomic mass is 16.5. The third-order valence-electron chi connectivity index (χ3n) is 4.32. The SMILES string of the molecule is COC1=N[C@@]2(C)C=C(C)[C@@]1(C#N)[C@@H]1C=C[C@@]2(C#N)O1. The molecule has 0 N–H and O–H groups in total. The van der Waals surface area contributed by atoms with Gasteiger partial charge in [-0.2, -0.15) is 10.5 Å². The van der Waals surface area contributed by atoms with Crippen molar-refractivity contribution in [3.05, 3.63) is 23.8 Å². The van der Waals surface area contributed by atoms with E-state index < -0.39 is 22.7 Å². The van der Waals surface area contributed by atoms with Crippen LogP contribution in [0.2, 0.25) is 0 Å². The smallest absolute Gasteiger partial charge is 0.212 e. The number of nitriles is 2. The highest BCUT2D eigenvalue weighted by molar-refractivity contribution is 5.93. The van der Waals surface area contributed by atoms with Crippen LogP contribution in [0.1, 0.15) is 13.8 Å². The van der Waals surface area contributed by atoms with Crippen molar-refractivity contribution in [3.8, 4) is 12.1 Å². The first-order valence-electron chi connectivity index (χ1n) is 6.02. The zero-order chi connectivity index (χ0) is 13.9. The van der Waals surface area contributed by atoms with Gasteiger partial charge in [0, 0.05) is 0 Å². The molecule has 0 radical (unpaired) electrons. The summed E-state index contributed by atoms with van der Waals surface area (Å²) in [6, 6.07) is 4.47. The second-order valence-corrected chi connectivity index (χ2v) is 5.26. The van der Waals surface area contributed by atoms with Gasteiger partial charge in [0.15, 0.2) is 5.41 Å². The van der Waals surface area contributed by atoms with Gasteiger partial charge in [0.05, 0.1) is 13.2 Å². The summed E-state index contributed by atoms with van der Waals surface area (Å²) in [6.45, 7) is 3.68. The Hall–Kier alpha value is -2.11. The zero-order valence-electron chi connectivity index (χ0n) is 11.0. The number of ether oxygens (including phenoxy) is 2. The molecule has 19 heavy (non-hydrogen) atoms. The fourth-order valence-corrected chi connectivity index (χ4v) is 3.18. The molecule has 0 unspecified atom stereocenters. The van der Waals surface area contributed by atoms with E-state index in [4.69, 9.17) is 9.47 Å². The molecule has 0 amide bonds. The van der Waals surface area contributed by atoms with E-state index in [-0.39, 0.29) is 0 Å². The van der Waals surface area contributed by atoms with Crippen molar-refractivity contribution in [3.63, 3.8) is 0 Å². The van der Waals surface area contributed by atoms with Gasteiger partial charge in [-0.05, 0) is 25.5 Å². The van der Waals surface area contributed by atoms with E-state index in [1.54, 1.807) is 12.2 Å². The summed E-state index contributed by atoms with van der Waals surface area (Å²) in [5.41, 5.74) is -2.30. The van der Waals surface area contributed by atoms with E-state index in [0.717, 1.165) is 5.57 Å². The van der Waals surface area contributed by atoms with Crippen molar-refractivity contribution in [2.45, 2.75) is 31.1 Å². The Bertz CT molecular complexity index is 636. The van der Waals surface area contributed by atoms with Gasteiger partial charge >= 0.3 is 0 Å². The van der Waals surface area contributed by atoms with Crippen LogP contribution in [-0.2, 0) is 9.47 Å². The molecule has 0 saturated carbocycles. The van der Waals surface area contributed by atoms with Crippen LogP contribution in [-0.4, -0.2) is 30.3 Å². The average molecular weight is 255 g/mol. The lowest BCUT2D eigenvalue weighted by Crippen LogP contribution is -2.49. The minimum Gasteiger partial charge on any atom is -0.483 e. The molecule has 96 valence electrons. The van der Waals surface area contributed by atoms with E-state index in [1.807, 2.05) is 19.9 Å². The maximum Gasteiger partial charge on any atom is 0.212 e. The molecular weight excluding hydrogens is 242 g/mol. The molecule has 0 aromatic carbocycles. The molecule has 4 aliphatic heterocycles. The Kier molecular flexibility index (Phi) is 2.05. The molecular formula is C14H13N3O2. The van der Waals surface area contributed by atoms with Crippen molar-refractivity contribution < 1.29 is 9.47 Å². The van der Waals surface area contributed by atoms with Gasteiger partial charge in [-0.25, -0.2) is 4.99 Å². The van der Waals surface area contributed by atoms with Gasteiger partial charge in [0.2, 0.25) is 11.5 Å². The van der Waals surface area contributed by atoms with Gasteiger partial charge in [-0.1, -0.05) is 12.2 Å². The zero-order valence-corrected chi connectivity index (χ0v) is 11.0. The van der Waals surface area contributed by atoms with Gasteiger partial charge in [-0.15, -0.1) is 0 Å². The number of methoxy groups -OCH3 is 1. The number of nitrogens with zero attached hydrogens (tertiary/aromatic N) is 3. The summed E-state index contributed by atoms with van der Waals surface area (Å²) in [5, 5.41) is 19.2. The van der Waals surface area contributed by atoms with Crippen molar-refractivity contribution in [1.82, 2.24) is 0 Å². The van der Waals surface area contributed by atoms with Crippen LogP contribution < -0.4 is 0 Å². The van der Waals surface area contributed by atoms with Crippen LogP contribution in [0, 0.1) is 28.1 Å². The molecule has 0 aromatic rings. The monoisotopic (exact) mass is 255 g/mol. The van der Waals surface area contributed by atoms with Gasteiger partial charge in [-0.3, -0.25) is 0 Å². The molecule has 4 bridgehead atoms. The third kappa shape index (κ3) is 1.06. The standard InChI is InChI=1S/C14H13N3O2/c1-9-6-12(2)13(7-15)5-4-10(19-13)14(9,8-16)11(17-12)18-3/h4-6,10H,1-3H3/t10-,12-,13-,14-/m0/s1. The fraction of sp³-hybridized carbons (Fsp3) is 0.500. The first-order valence-corrected chi connectivity index (χ1v) is 6.02. The summed E-state index contributed by atoms with van der Waals surface area (Å²) in [4.78, 5) is 4.51. The molecule has 0 aliphatic carbocycles. The third-order valence-corrected chi connectivity index (χ3v) is 4.32. The Labute approximate surface area is 111 Å². The first kappa shape index (κ1) is 12.0. The molecule has 5 heteroatoms. The predicted octanol–water partition coefficient (Wildman–Crippen LogP) is 1.49. The van der Waals surface area contributed by atoms with Crippen LogP contribution in [0.15, 0.2) is 28.8 Å². The Balaban J connectivity index is 2.37. The molecule has 0 fully saturated rings. The van der Waals surface area contributed by atoms with E-state index in [0.29, 0.717) is 5.90 Å². The number of dihydropyridines is 1. The normalized spacial score (nSPS) is 45.8. The van der Waals surface area contributed by atoms with Crippen LogP contribution in [0.5, 0.6) is 0 Å². The molecule has 4 aliphatic rings. The van der Waals surface area contributed by atoms with Crippen LogP contribution >= 0.6 is 0 Å². The molecule has 0 saturated heterocycles. The van der Waals surface area contributed by atoms with Crippen molar-refractivity contribution in [2.75, 3.05) is 7.11 Å². The molecule has 4 atom stereocenters. The summed E-state index contributed by atoms with van der Waals surface area (Å²) in [7, 11) is 1.49. The Morgan fingerprint density at radius 2 is 2.16 bits per heavy atom. The second kappa shape index (κ2) is 3.26. The van der Waals surface area contributed by atoms with E-state index in [9.17, 15) is 10.5 Å².